The molecule has 0 bridgehead atoms. The van der Waals surface area contributed by atoms with Crippen LogP contribution >= 0.6 is 11.6 Å². The van der Waals surface area contributed by atoms with E-state index in [2.05, 4.69) is 5.32 Å². The summed E-state index contributed by atoms with van der Waals surface area (Å²) in [5, 5.41) is 2.55. The minimum absolute atomic E-state index is 0.0652. The fraction of sp³-hybridized carbons (Fsp3) is 0.375. The van der Waals surface area contributed by atoms with Crippen molar-refractivity contribution < 1.29 is 32.0 Å². The van der Waals surface area contributed by atoms with Crippen molar-refractivity contribution in [2.45, 2.75) is 51.7 Å². The fourth-order valence-corrected chi connectivity index (χ4v) is 3.46. The van der Waals surface area contributed by atoms with Gasteiger partial charge in [-0.2, -0.15) is 13.2 Å². The first kappa shape index (κ1) is 26.1. The molecule has 1 N–H and O–H groups in total. The van der Waals surface area contributed by atoms with E-state index < -0.39 is 36.2 Å². The largest absolute Gasteiger partial charge is 0.492 e. The van der Waals surface area contributed by atoms with Crippen molar-refractivity contribution in [3.05, 3.63) is 75.7 Å². The van der Waals surface area contributed by atoms with E-state index in [1.165, 1.54) is 12.1 Å². The van der Waals surface area contributed by atoms with E-state index >= 15 is 0 Å². The van der Waals surface area contributed by atoms with Crippen molar-refractivity contribution in [3.8, 4) is 0 Å². The van der Waals surface area contributed by atoms with Crippen LogP contribution in [0.25, 0.3) is 6.08 Å². The molecule has 0 aliphatic carbocycles. The van der Waals surface area contributed by atoms with Gasteiger partial charge in [0.1, 0.15) is 6.61 Å². The average molecular weight is 496 g/mol. The number of hydrogen-bond donors (Lipinski definition) is 1. The van der Waals surface area contributed by atoms with Crippen molar-refractivity contribution in [2.75, 3.05) is 6.54 Å². The molecule has 0 saturated carbocycles. The third kappa shape index (κ3) is 6.55. The molecule has 2 aromatic rings. The lowest BCUT2D eigenvalue weighted by Crippen LogP contribution is -2.41. The SMILES string of the molecule is CC1(C)OB(C(=Cc2cc(Cl)cc(C(F)(F)F)c2)CNC(=O)OCc2ccccc2)OC1(C)C. The fourth-order valence-electron chi connectivity index (χ4n) is 3.22. The van der Waals surface area contributed by atoms with Gasteiger partial charge in [0.2, 0.25) is 0 Å². The minimum atomic E-state index is -4.56. The monoisotopic (exact) mass is 495 g/mol. The summed E-state index contributed by atoms with van der Waals surface area (Å²) in [6.07, 6.45) is -3.77. The van der Waals surface area contributed by atoms with E-state index in [-0.39, 0.29) is 23.7 Å². The van der Waals surface area contributed by atoms with Crippen LogP contribution in [0, 0.1) is 0 Å². The summed E-state index contributed by atoms with van der Waals surface area (Å²) in [4.78, 5) is 12.3. The van der Waals surface area contributed by atoms with Gasteiger partial charge in [-0.1, -0.05) is 48.0 Å². The Hall–Kier alpha value is -2.49. The van der Waals surface area contributed by atoms with Gasteiger partial charge in [-0.3, -0.25) is 0 Å². The molecule has 5 nitrogen and oxygen atoms in total. The highest BCUT2D eigenvalue weighted by atomic mass is 35.5. The Labute approximate surface area is 202 Å². The Morgan fingerprint density at radius 2 is 1.71 bits per heavy atom. The predicted octanol–water partition coefficient (Wildman–Crippen LogP) is 6.30. The second-order valence-electron chi connectivity index (χ2n) is 8.99. The maximum atomic E-state index is 13.3. The van der Waals surface area contributed by atoms with Gasteiger partial charge in [-0.05, 0) is 62.5 Å². The zero-order valence-electron chi connectivity index (χ0n) is 19.3. The summed E-state index contributed by atoms with van der Waals surface area (Å²) < 4.78 is 57.1. The number of ether oxygens (including phenoxy) is 1. The lowest BCUT2D eigenvalue weighted by atomic mass is 9.77. The van der Waals surface area contributed by atoms with Crippen molar-refractivity contribution >= 4 is 30.9 Å². The lowest BCUT2D eigenvalue weighted by Gasteiger charge is -2.32. The molecule has 1 heterocycles. The molecular weight excluding hydrogens is 470 g/mol. The molecule has 0 radical (unpaired) electrons. The van der Waals surface area contributed by atoms with Crippen LogP contribution in [0.4, 0.5) is 18.0 Å². The number of hydrogen-bond acceptors (Lipinski definition) is 4. The Balaban J connectivity index is 1.82. The Morgan fingerprint density at radius 1 is 1.09 bits per heavy atom. The highest BCUT2D eigenvalue weighted by Gasteiger charge is 2.52. The van der Waals surface area contributed by atoms with Crippen LogP contribution in [0.3, 0.4) is 0 Å². The normalized spacial score (nSPS) is 17.5. The zero-order valence-corrected chi connectivity index (χ0v) is 20.1. The summed E-state index contributed by atoms with van der Waals surface area (Å²) in [6.45, 7) is 7.42. The topological polar surface area (TPSA) is 56.8 Å². The van der Waals surface area contributed by atoms with E-state index in [1.54, 1.807) is 0 Å². The molecule has 1 fully saturated rings. The first-order chi connectivity index (χ1) is 15.8. The number of amides is 1. The quantitative estimate of drug-likeness (QED) is 0.478. The molecule has 182 valence electrons. The highest BCUT2D eigenvalue weighted by Crippen LogP contribution is 2.39. The van der Waals surface area contributed by atoms with Gasteiger partial charge < -0.3 is 19.4 Å². The molecule has 0 unspecified atom stereocenters. The third-order valence-corrected chi connectivity index (χ3v) is 6.02. The van der Waals surface area contributed by atoms with E-state index in [1.807, 2.05) is 58.0 Å². The summed E-state index contributed by atoms with van der Waals surface area (Å²) in [5.41, 5.74) is -0.825. The number of rotatable bonds is 6. The molecule has 0 spiro atoms. The minimum Gasteiger partial charge on any atom is -0.445 e. The standard InChI is InChI=1S/C24H26BClF3NO4/c1-22(2)23(3,4)34-25(33-22)19(11-17-10-18(24(27,28)29)13-20(26)12-17)14-30-21(31)32-15-16-8-6-5-7-9-16/h5-13H,14-15H2,1-4H3,(H,30,31). The molecule has 1 aliphatic rings. The molecule has 34 heavy (non-hydrogen) atoms. The van der Waals surface area contributed by atoms with E-state index in [0.717, 1.165) is 17.7 Å². The van der Waals surface area contributed by atoms with E-state index in [0.29, 0.717) is 5.47 Å². The van der Waals surface area contributed by atoms with Crippen molar-refractivity contribution in [1.29, 1.82) is 0 Å². The summed E-state index contributed by atoms with van der Waals surface area (Å²) >= 11 is 5.94. The van der Waals surface area contributed by atoms with E-state index in [9.17, 15) is 18.0 Å². The molecule has 2 aromatic carbocycles. The van der Waals surface area contributed by atoms with Gasteiger partial charge in [0, 0.05) is 11.6 Å². The first-order valence-corrected chi connectivity index (χ1v) is 11.0. The van der Waals surface area contributed by atoms with Crippen LogP contribution in [0.1, 0.15) is 44.4 Å². The molecule has 1 amide bonds. The maximum Gasteiger partial charge on any atom is 0.492 e. The van der Waals surface area contributed by atoms with Gasteiger partial charge in [-0.25, -0.2) is 4.79 Å². The molecule has 3 rings (SSSR count). The van der Waals surface area contributed by atoms with Gasteiger partial charge in [-0.15, -0.1) is 0 Å². The zero-order chi connectivity index (χ0) is 25.1. The Bertz CT molecular complexity index is 1040. The smallest absolute Gasteiger partial charge is 0.445 e. The first-order valence-electron chi connectivity index (χ1n) is 10.7. The van der Waals surface area contributed by atoms with Crippen molar-refractivity contribution in [1.82, 2.24) is 5.32 Å². The van der Waals surface area contributed by atoms with Gasteiger partial charge in [0.25, 0.3) is 0 Å². The number of alkyl halides is 3. The van der Waals surface area contributed by atoms with Crippen LogP contribution in [0.2, 0.25) is 5.02 Å². The van der Waals surface area contributed by atoms with Crippen LogP contribution in [0.15, 0.2) is 54.0 Å². The third-order valence-electron chi connectivity index (χ3n) is 5.81. The second-order valence-corrected chi connectivity index (χ2v) is 9.43. The Kier molecular flexibility index (Phi) is 7.70. The van der Waals surface area contributed by atoms with Gasteiger partial charge >= 0.3 is 19.4 Å². The summed E-state index contributed by atoms with van der Waals surface area (Å²) in [7, 11) is -0.896. The second kappa shape index (κ2) is 10.0. The molecule has 1 saturated heterocycles. The highest BCUT2D eigenvalue weighted by molar-refractivity contribution is 6.56. The predicted molar refractivity (Wildman–Crippen MR) is 125 cm³/mol. The molecule has 0 aromatic heterocycles. The van der Waals surface area contributed by atoms with Crippen LogP contribution in [-0.2, 0) is 26.8 Å². The maximum absolute atomic E-state index is 13.3. The molecule has 0 atom stereocenters. The average Bonchev–Trinajstić information content (AvgIpc) is 2.96. The number of nitrogens with one attached hydrogen (secondary N) is 1. The lowest BCUT2D eigenvalue weighted by molar-refractivity contribution is -0.137. The molecular formula is C24H26BClF3NO4. The van der Waals surface area contributed by atoms with Gasteiger partial charge in [0.05, 0.1) is 16.8 Å². The number of benzene rings is 2. The number of carbonyl (C=O) groups excluding carboxylic acids is 1. The van der Waals surface area contributed by atoms with E-state index in [4.69, 9.17) is 25.6 Å². The summed E-state index contributed by atoms with van der Waals surface area (Å²) in [5.74, 6) is 0. The number of halogens is 4. The van der Waals surface area contributed by atoms with Crippen LogP contribution < -0.4 is 5.32 Å². The van der Waals surface area contributed by atoms with Gasteiger partial charge in [0.15, 0.2) is 0 Å². The number of carbonyl (C=O) groups is 1. The number of alkyl carbamates (subject to hydrolysis) is 1. The van der Waals surface area contributed by atoms with Crippen molar-refractivity contribution in [3.63, 3.8) is 0 Å². The summed E-state index contributed by atoms with van der Waals surface area (Å²) in [6, 6.07) is 12.4. The van der Waals surface area contributed by atoms with Crippen LogP contribution in [-0.4, -0.2) is 31.0 Å². The molecule has 1 aliphatic heterocycles. The Morgan fingerprint density at radius 3 is 2.29 bits per heavy atom. The molecule has 10 heteroatoms. The van der Waals surface area contributed by atoms with Crippen molar-refractivity contribution in [2.24, 2.45) is 0 Å². The van der Waals surface area contributed by atoms with Crippen LogP contribution in [0.5, 0.6) is 0 Å².